The number of fused-ring (bicyclic) bond motifs is 3. The summed E-state index contributed by atoms with van der Waals surface area (Å²) in [5.74, 6) is 0.00555. The van der Waals surface area contributed by atoms with E-state index in [9.17, 15) is 9.18 Å². The van der Waals surface area contributed by atoms with E-state index in [1.165, 1.54) is 11.8 Å². The molecule has 23 heavy (non-hydrogen) atoms. The van der Waals surface area contributed by atoms with E-state index in [2.05, 4.69) is 10.3 Å². The highest BCUT2D eigenvalue weighted by atomic mass is 19.1. The molecule has 1 amide bonds. The number of nitrogens with one attached hydrogen (secondary N) is 2. The zero-order chi connectivity index (χ0) is 15.8. The standard InChI is InChI=1S/C18H21FN2O2/c19-12-1-3-16-14(9-12)15-10-13(2-4-17(15)21-16)20-18(22)11-5-7-23-8-6-11/h1,3,9,11,13,21H,2,4-8,10H2,(H,20,22). The maximum absolute atomic E-state index is 13.5. The molecule has 1 aromatic carbocycles. The third kappa shape index (κ3) is 2.85. The number of aromatic amines is 1. The van der Waals surface area contributed by atoms with Crippen molar-refractivity contribution in [2.45, 2.75) is 38.1 Å². The molecule has 0 saturated carbocycles. The molecule has 0 radical (unpaired) electrons. The molecular weight excluding hydrogens is 295 g/mol. The minimum atomic E-state index is -0.215. The number of aromatic nitrogens is 1. The van der Waals surface area contributed by atoms with Crippen molar-refractivity contribution < 1.29 is 13.9 Å². The molecule has 1 aliphatic carbocycles. The van der Waals surface area contributed by atoms with Crippen LogP contribution in [0.2, 0.25) is 0 Å². The minimum absolute atomic E-state index is 0.0746. The number of hydrogen-bond acceptors (Lipinski definition) is 2. The zero-order valence-corrected chi connectivity index (χ0v) is 13.0. The van der Waals surface area contributed by atoms with E-state index in [0.717, 1.165) is 48.6 Å². The molecule has 1 aromatic heterocycles. The topological polar surface area (TPSA) is 54.1 Å². The largest absolute Gasteiger partial charge is 0.381 e. The highest BCUT2D eigenvalue weighted by Crippen LogP contribution is 2.30. The van der Waals surface area contributed by atoms with Crippen LogP contribution in [0.3, 0.4) is 0 Å². The Morgan fingerprint density at radius 2 is 2.09 bits per heavy atom. The first kappa shape index (κ1) is 14.7. The van der Waals surface area contributed by atoms with Gasteiger partial charge in [-0.25, -0.2) is 4.39 Å². The van der Waals surface area contributed by atoms with E-state index in [-0.39, 0.29) is 23.7 Å². The third-order valence-corrected chi connectivity index (χ3v) is 5.09. The second-order valence-corrected chi connectivity index (χ2v) is 6.61. The molecule has 2 aliphatic rings. The molecule has 2 N–H and O–H groups in total. The molecular formula is C18H21FN2O2. The molecule has 2 heterocycles. The van der Waals surface area contributed by atoms with Gasteiger partial charge in [0.05, 0.1) is 0 Å². The maximum Gasteiger partial charge on any atom is 0.223 e. The van der Waals surface area contributed by atoms with Crippen molar-refractivity contribution in [2.24, 2.45) is 5.92 Å². The lowest BCUT2D eigenvalue weighted by Gasteiger charge is -2.27. The molecule has 1 atom stereocenters. The van der Waals surface area contributed by atoms with Crippen LogP contribution in [-0.4, -0.2) is 30.1 Å². The lowest BCUT2D eigenvalue weighted by Crippen LogP contribution is -2.43. The SMILES string of the molecule is O=C(NC1CCc2[nH]c3ccc(F)cc3c2C1)C1CCOCC1. The Balaban J connectivity index is 1.50. The molecule has 2 aromatic rings. The van der Waals surface area contributed by atoms with Gasteiger partial charge < -0.3 is 15.0 Å². The first-order valence-corrected chi connectivity index (χ1v) is 8.38. The quantitative estimate of drug-likeness (QED) is 0.895. The summed E-state index contributed by atoms with van der Waals surface area (Å²) >= 11 is 0. The van der Waals surface area contributed by atoms with Gasteiger partial charge in [0.15, 0.2) is 0 Å². The van der Waals surface area contributed by atoms with E-state index in [1.807, 2.05) is 0 Å². The van der Waals surface area contributed by atoms with Crippen LogP contribution >= 0.6 is 0 Å². The van der Waals surface area contributed by atoms with Crippen molar-refractivity contribution in [1.82, 2.24) is 10.3 Å². The molecule has 5 heteroatoms. The molecule has 4 nitrogen and oxygen atoms in total. The van der Waals surface area contributed by atoms with Gasteiger partial charge in [0.1, 0.15) is 5.82 Å². The van der Waals surface area contributed by atoms with Gasteiger partial charge in [-0.15, -0.1) is 0 Å². The Labute approximate surface area is 134 Å². The van der Waals surface area contributed by atoms with Gasteiger partial charge in [-0.2, -0.15) is 0 Å². The fourth-order valence-corrected chi connectivity index (χ4v) is 3.79. The average Bonchev–Trinajstić information content (AvgIpc) is 2.93. The van der Waals surface area contributed by atoms with Crippen LogP contribution in [0.4, 0.5) is 4.39 Å². The molecule has 4 rings (SSSR count). The Morgan fingerprint density at radius 3 is 2.91 bits per heavy atom. The molecule has 1 fully saturated rings. The number of rotatable bonds is 2. The van der Waals surface area contributed by atoms with Crippen molar-refractivity contribution in [2.75, 3.05) is 13.2 Å². The van der Waals surface area contributed by atoms with Crippen LogP contribution in [0.15, 0.2) is 18.2 Å². The highest BCUT2D eigenvalue weighted by Gasteiger charge is 2.27. The molecule has 0 spiro atoms. The fourth-order valence-electron chi connectivity index (χ4n) is 3.79. The van der Waals surface area contributed by atoms with Crippen molar-refractivity contribution >= 4 is 16.8 Å². The average molecular weight is 316 g/mol. The van der Waals surface area contributed by atoms with Gasteiger partial charge in [0.2, 0.25) is 5.91 Å². The monoisotopic (exact) mass is 316 g/mol. The Hall–Kier alpha value is -1.88. The third-order valence-electron chi connectivity index (χ3n) is 5.09. The second kappa shape index (κ2) is 5.96. The molecule has 1 unspecified atom stereocenters. The first-order valence-electron chi connectivity index (χ1n) is 8.38. The summed E-state index contributed by atoms with van der Waals surface area (Å²) in [5, 5.41) is 4.15. The number of H-pyrrole nitrogens is 1. The van der Waals surface area contributed by atoms with Gasteiger partial charge in [0, 0.05) is 41.8 Å². The Bertz CT molecular complexity index is 734. The van der Waals surface area contributed by atoms with Gasteiger partial charge in [-0.1, -0.05) is 0 Å². The second-order valence-electron chi connectivity index (χ2n) is 6.61. The normalized spacial score (nSPS) is 22.0. The van der Waals surface area contributed by atoms with Crippen molar-refractivity contribution in [1.29, 1.82) is 0 Å². The van der Waals surface area contributed by atoms with Crippen LogP contribution < -0.4 is 5.32 Å². The lowest BCUT2D eigenvalue weighted by molar-refractivity contribution is -0.128. The summed E-state index contributed by atoms with van der Waals surface area (Å²) in [4.78, 5) is 15.8. The molecule has 122 valence electrons. The summed E-state index contributed by atoms with van der Waals surface area (Å²) in [5.41, 5.74) is 3.32. The number of aryl methyl sites for hydroxylation is 1. The molecule has 0 bridgehead atoms. The van der Waals surface area contributed by atoms with Crippen molar-refractivity contribution in [3.8, 4) is 0 Å². The lowest BCUT2D eigenvalue weighted by atomic mass is 9.90. The van der Waals surface area contributed by atoms with Crippen LogP contribution in [-0.2, 0) is 22.4 Å². The number of ether oxygens (including phenoxy) is 1. The maximum atomic E-state index is 13.5. The Morgan fingerprint density at radius 1 is 1.26 bits per heavy atom. The number of carbonyl (C=O) groups is 1. The summed E-state index contributed by atoms with van der Waals surface area (Å²) in [6.45, 7) is 1.35. The number of benzene rings is 1. The van der Waals surface area contributed by atoms with E-state index in [1.54, 1.807) is 12.1 Å². The Kier molecular flexibility index (Phi) is 3.81. The predicted molar refractivity (Wildman–Crippen MR) is 85.8 cm³/mol. The summed E-state index contributed by atoms with van der Waals surface area (Å²) in [7, 11) is 0. The van der Waals surface area contributed by atoms with Gasteiger partial charge in [0.25, 0.3) is 0 Å². The van der Waals surface area contributed by atoms with E-state index >= 15 is 0 Å². The van der Waals surface area contributed by atoms with Gasteiger partial charge in [-0.05, 0) is 55.9 Å². The van der Waals surface area contributed by atoms with Crippen LogP contribution in [0, 0.1) is 11.7 Å². The predicted octanol–water partition coefficient (Wildman–Crippen LogP) is 2.71. The molecule has 1 saturated heterocycles. The first-order chi connectivity index (χ1) is 11.2. The minimum Gasteiger partial charge on any atom is -0.381 e. The summed E-state index contributed by atoms with van der Waals surface area (Å²) in [6.07, 6.45) is 4.21. The molecule has 1 aliphatic heterocycles. The van der Waals surface area contributed by atoms with Gasteiger partial charge >= 0.3 is 0 Å². The number of carbonyl (C=O) groups excluding carboxylic acids is 1. The van der Waals surface area contributed by atoms with E-state index in [4.69, 9.17) is 4.74 Å². The number of hydrogen-bond donors (Lipinski definition) is 2. The van der Waals surface area contributed by atoms with Crippen molar-refractivity contribution in [3.05, 3.63) is 35.3 Å². The van der Waals surface area contributed by atoms with Gasteiger partial charge in [-0.3, -0.25) is 4.79 Å². The van der Waals surface area contributed by atoms with Crippen molar-refractivity contribution in [3.63, 3.8) is 0 Å². The van der Waals surface area contributed by atoms with E-state index < -0.39 is 0 Å². The number of amides is 1. The smallest absolute Gasteiger partial charge is 0.223 e. The summed E-state index contributed by atoms with van der Waals surface area (Å²) in [6, 6.07) is 5.00. The number of halogens is 1. The zero-order valence-electron chi connectivity index (χ0n) is 13.0. The fraction of sp³-hybridized carbons (Fsp3) is 0.500. The summed E-state index contributed by atoms with van der Waals surface area (Å²) < 4.78 is 18.9. The van der Waals surface area contributed by atoms with Crippen LogP contribution in [0.1, 0.15) is 30.5 Å². The van der Waals surface area contributed by atoms with E-state index in [0.29, 0.717) is 13.2 Å². The van der Waals surface area contributed by atoms with Crippen LogP contribution in [0.25, 0.3) is 10.9 Å². The van der Waals surface area contributed by atoms with Crippen LogP contribution in [0.5, 0.6) is 0 Å². The highest BCUT2D eigenvalue weighted by molar-refractivity contribution is 5.85.